The van der Waals surface area contributed by atoms with Crippen molar-refractivity contribution in [3.05, 3.63) is 81.3 Å². The van der Waals surface area contributed by atoms with Gasteiger partial charge in [-0.2, -0.15) is 0 Å². The monoisotopic (exact) mass is 420 g/mol. The summed E-state index contributed by atoms with van der Waals surface area (Å²) in [5.74, 6) is 0.693. The number of nitrogens with zero attached hydrogens (tertiary/aromatic N) is 3. The van der Waals surface area contributed by atoms with E-state index in [1.165, 1.54) is 18.4 Å². The lowest BCUT2D eigenvalue weighted by molar-refractivity contribution is 0.745. The molecule has 1 fully saturated rings. The van der Waals surface area contributed by atoms with E-state index in [4.69, 9.17) is 10.7 Å². The molecule has 0 spiro atoms. The van der Waals surface area contributed by atoms with Gasteiger partial charge in [0.2, 0.25) is 0 Å². The summed E-state index contributed by atoms with van der Waals surface area (Å²) in [6.07, 6.45) is 4.46. The third-order valence-corrected chi connectivity index (χ3v) is 6.20. The van der Waals surface area contributed by atoms with Gasteiger partial charge in [0.05, 0.1) is 35.2 Å². The molecule has 0 unspecified atom stereocenters. The van der Waals surface area contributed by atoms with Crippen molar-refractivity contribution < 1.29 is 0 Å². The summed E-state index contributed by atoms with van der Waals surface area (Å²) in [6.45, 7) is 2.54. The molecule has 0 radical (unpaired) electrons. The van der Waals surface area contributed by atoms with Gasteiger partial charge in [0.25, 0.3) is 0 Å². The van der Waals surface area contributed by atoms with Crippen molar-refractivity contribution in [2.45, 2.75) is 38.3 Å². The number of hydrogen-bond acceptors (Lipinski definition) is 3. The fraction of sp³-hybridized carbons (Fsp3) is 0.273. The van der Waals surface area contributed by atoms with Gasteiger partial charge in [0.1, 0.15) is 0 Å². The van der Waals surface area contributed by atoms with Crippen molar-refractivity contribution in [3.63, 3.8) is 0 Å². The van der Waals surface area contributed by atoms with E-state index in [0.717, 1.165) is 38.4 Å². The maximum absolute atomic E-state index is 5.96. The quantitative estimate of drug-likeness (QED) is 0.655. The lowest BCUT2D eigenvalue weighted by atomic mass is 9.97. The van der Waals surface area contributed by atoms with Crippen molar-refractivity contribution in [2.24, 2.45) is 10.7 Å². The number of halogens is 1. The van der Waals surface area contributed by atoms with E-state index < -0.39 is 0 Å². The number of fused-ring (bicyclic) bond motifs is 3. The maximum atomic E-state index is 5.96. The fourth-order valence-corrected chi connectivity index (χ4v) is 4.48. The second-order valence-electron chi connectivity index (χ2n) is 7.34. The third kappa shape index (κ3) is 2.77. The molecule has 1 atom stereocenters. The van der Waals surface area contributed by atoms with Crippen molar-refractivity contribution in [2.75, 3.05) is 0 Å². The Balaban J connectivity index is 1.80. The second kappa shape index (κ2) is 6.43. The van der Waals surface area contributed by atoms with E-state index in [9.17, 15) is 0 Å². The molecule has 27 heavy (non-hydrogen) atoms. The highest BCUT2D eigenvalue weighted by atomic mass is 79.9. The molecule has 1 aliphatic heterocycles. The Morgan fingerprint density at radius 3 is 2.70 bits per heavy atom. The summed E-state index contributed by atoms with van der Waals surface area (Å²) in [6, 6.07) is 15.1. The molecule has 0 bridgehead atoms. The zero-order chi connectivity index (χ0) is 18.5. The first-order chi connectivity index (χ1) is 13.2. The SMILES string of the molecule is C[C@H]1N=C(c2ccccc2Br)c2cc(C3CC3)ccc2-n2cnc(CN)c21. The molecule has 4 nitrogen and oxygen atoms in total. The van der Waals surface area contributed by atoms with Crippen LogP contribution in [0.2, 0.25) is 0 Å². The van der Waals surface area contributed by atoms with Crippen LogP contribution in [0, 0.1) is 0 Å². The molecule has 3 aromatic rings. The number of benzene rings is 2. The maximum Gasteiger partial charge on any atom is 0.0999 e. The van der Waals surface area contributed by atoms with Crippen LogP contribution >= 0.6 is 15.9 Å². The Hall–Kier alpha value is -2.24. The second-order valence-corrected chi connectivity index (χ2v) is 8.19. The number of aromatic nitrogens is 2. The number of hydrogen-bond donors (Lipinski definition) is 1. The van der Waals surface area contributed by atoms with E-state index in [-0.39, 0.29) is 6.04 Å². The average molecular weight is 421 g/mol. The van der Waals surface area contributed by atoms with Crippen LogP contribution in [-0.4, -0.2) is 15.3 Å². The van der Waals surface area contributed by atoms with E-state index in [1.807, 2.05) is 12.4 Å². The topological polar surface area (TPSA) is 56.2 Å². The zero-order valence-electron chi connectivity index (χ0n) is 15.2. The van der Waals surface area contributed by atoms with Gasteiger partial charge in [-0.15, -0.1) is 0 Å². The minimum Gasteiger partial charge on any atom is -0.325 e. The van der Waals surface area contributed by atoms with Crippen molar-refractivity contribution in [1.82, 2.24) is 9.55 Å². The molecule has 2 aromatic carbocycles. The standard InChI is InChI=1S/C22H21BrN4/c1-13-22-19(11-24)25-12-27(22)20-9-8-15(14-6-7-14)10-17(20)21(26-13)16-4-2-3-5-18(16)23/h2-5,8-10,12-14H,6-7,11,24H2,1H3/t13-/m1/s1. The summed E-state index contributed by atoms with van der Waals surface area (Å²) in [4.78, 5) is 9.71. The highest BCUT2D eigenvalue weighted by molar-refractivity contribution is 9.10. The molecular weight excluding hydrogens is 400 g/mol. The van der Waals surface area contributed by atoms with Crippen molar-refractivity contribution in [1.29, 1.82) is 0 Å². The summed E-state index contributed by atoms with van der Waals surface area (Å²) in [5, 5.41) is 0. The van der Waals surface area contributed by atoms with Crippen LogP contribution in [0.4, 0.5) is 0 Å². The largest absolute Gasteiger partial charge is 0.325 e. The summed E-state index contributed by atoms with van der Waals surface area (Å²) < 4.78 is 3.23. The van der Waals surface area contributed by atoms with Crippen LogP contribution in [0.1, 0.15) is 59.8 Å². The molecule has 1 aromatic heterocycles. The van der Waals surface area contributed by atoms with E-state index in [2.05, 4.69) is 68.8 Å². The van der Waals surface area contributed by atoms with Crippen LogP contribution in [0.5, 0.6) is 0 Å². The van der Waals surface area contributed by atoms with Gasteiger partial charge in [-0.05, 0) is 49.4 Å². The van der Waals surface area contributed by atoms with E-state index >= 15 is 0 Å². The molecule has 1 aliphatic carbocycles. The first kappa shape index (κ1) is 16.9. The third-order valence-electron chi connectivity index (χ3n) is 5.51. The Kier molecular flexibility index (Phi) is 4.02. The van der Waals surface area contributed by atoms with Crippen molar-refractivity contribution >= 4 is 21.6 Å². The lowest BCUT2D eigenvalue weighted by Gasteiger charge is -2.14. The molecule has 2 aliphatic rings. The van der Waals surface area contributed by atoms with Crippen LogP contribution in [0.3, 0.4) is 0 Å². The highest BCUT2D eigenvalue weighted by Gasteiger charge is 2.29. The first-order valence-corrected chi connectivity index (χ1v) is 10.2. The molecule has 2 N–H and O–H groups in total. The van der Waals surface area contributed by atoms with Gasteiger partial charge in [-0.25, -0.2) is 4.98 Å². The molecule has 1 saturated carbocycles. The number of imidazole rings is 1. The average Bonchev–Trinajstić information content (AvgIpc) is 3.46. The zero-order valence-corrected chi connectivity index (χ0v) is 16.8. The Morgan fingerprint density at radius 1 is 1.15 bits per heavy atom. The lowest BCUT2D eigenvalue weighted by Crippen LogP contribution is -2.08. The molecule has 136 valence electrons. The fourth-order valence-electron chi connectivity index (χ4n) is 4.00. The summed E-state index contributed by atoms with van der Waals surface area (Å²) in [5.41, 5.74) is 13.8. The Labute approximate surface area is 167 Å². The van der Waals surface area contributed by atoms with E-state index in [1.54, 1.807) is 0 Å². The van der Waals surface area contributed by atoms with Gasteiger partial charge in [-0.1, -0.05) is 40.2 Å². The predicted octanol–water partition coefficient (Wildman–Crippen LogP) is 4.88. The van der Waals surface area contributed by atoms with Crippen LogP contribution in [0.15, 0.2) is 58.3 Å². The molecule has 5 heteroatoms. The number of aliphatic imine (C=N–C) groups is 1. The minimum absolute atomic E-state index is 0.0232. The normalized spacial score (nSPS) is 18.5. The molecular formula is C22H21BrN4. The smallest absolute Gasteiger partial charge is 0.0999 e. The van der Waals surface area contributed by atoms with Gasteiger partial charge in [0, 0.05) is 22.1 Å². The molecule has 0 saturated heterocycles. The summed E-state index contributed by atoms with van der Waals surface area (Å²) in [7, 11) is 0. The van der Waals surface area contributed by atoms with Gasteiger partial charge in [0.15, 0.2) is 0 Å². The number of nitrogens with two attached hydrogens (primary N) is 1. The summed E-state index contributed by atoms with van der Waals surface area (Å²) >= 11 is 3.72. The van der Waals surface area contributed by atoms with Crippen LogP contribution in [-0.2, 0) is 6.54 Å². The molecule has 5 rings (SSSR count). The highest BCUT2D eigenvalue weighted by Crippen LogP contribution is 2.42. The molecule has 0 amide bonds. The van der Waals surface area contributed by atoms with Crippen molar-refractivity contribution in [3.8, 4) is 5.69 Å². The van der Waals surface area contributed by atoms with Gasteiger partial charge in [-0.3, -0.25) is 4.99 Å². The Morgan fingerprint density at radius 2 is 1.96 bits per heavy atom. The van der Waals surface area contributed by atoms with Gasteiger partial charge < -0.3 is 10.3 Å². The first-order valence-electron chi connectivity index (χ1n) is 9.41. The van der Waals surface area contributed by atoms with E-state index in [0.29, 0.717) is 12.5 Å². The predicted molar refractivity (Wildman–Crippen MR) is 112 cm³/mol. The van der Waals surface area contributed by atoms with Crippen LogP contribution in [0.25, 0.3) is 5.69 Å². The van der Waals surface area contributed by atoms with Crippen LogP contribution < -0.4 is 5.73 Å². The minimum atomic E-state index is -0.0232. The Bertz CT molecular complexity index is 1060. The molecule has 2 heterocycles. The number of rotatable bonds is 3. The van der Waals surface area contributed by atoms with Gasteiger partial charge >= 0.3 is 0 Å².